The monoisotopic (exact) mass is 367 g/mol. The Morgan fingerprint density at radius 2 is 2.19 bits per heavy atom. The van der Waals surface area contributed by atoms with E-state index in [1.165, 1.54) is 0 Å². The minimum absolute atomic E-state index is 0.0334. The van der Waals surface area contributed by atoms with E-state index < -0.39 is 5.60 Å². The van der Waals surface area contributed by atoms with Gasteiger partial charge in [0.25, 0.3) is 0 Å². The van der Waals surface area contributed by atoms with Crippen molar-refractivity contribution in [3.63, 3.8) is 0 Å². The summed E-state index contributed by atoms with van der Waals surface area (Å²) in [6.45, 7) is 8.25. The molecule has 0 aliphatic carbocycles. The Bertz CT molecular complexity index is 936. The van der Waals surface area contributed by atoms with Crippen LogP contribution < -0.4 is 10.2 Å². The number of nitrogens with zero attached hydrogens (tertiary/aromatic N) is 5. The summed E-state index contributed by atoms with van der Waals surface area (Å²) >= 11 is 0. The number of aromatic amines is 1. The molecule has 142 valence electrons. The van der Waals surface area contributed by atoms with Crippen LogP contribution >= 0.6 is 0 Å². The third kappa shape index (κ3) is 3.26. The molecule has 1 saturated heterocycles. The molecule has 3 N–H and O–H groups in total. The van der Waals surface area contributed by atoms with E-state index in [-0.39, 0.29) is 12.0 Å². The molecule has 1 aliphatic heterocycles. The van der Waals surface area contributed by atoms with Crippen LogP contribution in [0.4, 0.5) is 5.82 Å². The zero-order valence-corrected chi connectivity index (χ0v) is 15.8. The van der Waals surface area contributed by atoms with Gasteiger partial charge in [-0.05, 0) is 25.0 Å². The first kappa shape index (κ1) is 17.8. The van der Waals surface area contributed by atoms with Gasteiger partial charge in [0.1, 0.15) is 11.5 Å². The third-order valence-corrected chi connectivity index (χ3v) is 5.58. The highest BCUT2D eigenvalue weighted by molar-refractivity contribution is 5.89. The molecule has 0 amide bonds. The Balaban J connectivity index is 1.63. The van der Waals surface area contributed by atoms with E-state index in [0.717, 1.165) is 35.7 Å². The molecule has 3 aromatic rings. The number of H-pyrrole nitrogens is 1. The lowest BCUT2D eigenvalue weighted by molar-refractivity contribution is -0.0231. The van der Waals surface area contributed by atoms with Crippen LogP contribution in [0.5, 0.6) is 0 Å². The van der Waals surface area contributed by atoms with Crippen molar-refractivity contribution in [2.45, 2.75) is 32.4 Å². The van der Waals surface area contributed by atoms with E-state index in [4.69, 9.17) is 4.98 Å². The van der Waals surface area contributed by atoms with Gasteiger partial charge >= 0.3 is 0 Å². The van der Waals surface area contributed by atoms with Gasteiger partial charge in [0.05, 0.1) is 29.7 Å². The smallest absolute Gasteiger partial charge is 0.181 e. The number of nitrogens with one attached hydrogen (secondary N) is 2. The fraction of sp³-hybridized carbons (Fsp3) is 0.474. The summed E-state index contributed by atoms with van der Waals surface area (Å²) in [6, 6.07) is 3.82. The van der Waals surface area contributed by atoms with Gasteiger partial charge in [-0.1, -0.05) is 13.8 Å². The van der Waals surface area contributed by atoms with Crippen molar-refractivity contribution in [2.75, 3.05) is 24.5 Å². The van der Waals surface area contributed by atoms with E-state index in [0.29, 0.717) is 12.2 Å². The van der Waals surface area contributed by atoms with Gasteiger partial charge < -0.3 is 15.3 Å². The summed E-state index contributed by atoms with van der Waals surface area (Å²) in [6.07, 6.45) is 5.22. The zero-order valence-electron chi connectivity index (χ0n) is 15.8. The number of hydrogen-bond donors (Lipinski definition) is 3. The maximum absolute atomic E-state index is 10.9. The molecule has 3 aromatic heterocycles. The van der Waals surface area contributed by atoms with Gasteiger partial charge in [-0.25, -0.2) is 9.97 Å². The van der Waals surface area contributed by atoms with Crippen molar-refractivity contribution in [1.82, 2.24) is 30.5 Å². The summed E-state index contributed by atoms with van der Waals surface area (Å²) in [5, 5.41) is 22.5. The molecule has 4 rings (SSSR count). The minimum Gasteiger partial charge on any atom is -0.388 e. The molecule has 4 heterocycles. The van der Waals surface area contributed by atoms with E-state index in [9.17, 15) is 5.11 Å². The summed E-state index contributed by atoms with van der Waals surface area (Å²) in [5.74, 6) is 0.946. The molecule has 0 radical (unpaired) electrons. The van der Waals surface area contributed by atoms with Gasteiger partial charge in [0.2, 0.25) is 0 Å². The third-order valence-electron chi connectivity index (χ3n) is 5.58. The Labute approximate surface area is 158 Å². The van der Waals surface area contributed by atoms with Crippen molar-refractivity contribution in [3.05, 3.63) is 30.7 Å². The average molecular weight is 367 g/mol. The van der Waals surface area contributed by atoms with Crippen LogP contribution in [0, 0.1) is 5.92 Å². The molecule has 2 unspecified atom stereocenters. The van der Waals surface area contributed by atoms with Gasteiger partial charge in [0, 0.05) is 31.2 Å². The molecular formula is C19H25N7O. The number of rotatable bonds is 4. The molecule has 27 heavy (non-hydrogen) atoms. The number of pyridine rings is 1. The fourth-order valence-electron chi connectivity index (χ4n) is 3.43. The van der Waals surface area contributed by atoms with E-state index in [2.05, 4.69) is 30.4 Å². The van der Waals surface area contributed by atoms with Crippen LogP contribution in [0.1, 0.15) is 20.8 Å². The molecule has 0 saturated carbocycles. The Hall–Kier alpha value is -2.58. The molecular weight excluding hydrogens is 342 g/mol. The van der Waals surface area contributed by atoms with Crippen LogP contribution in [0.15, 0.2) is 30.7 Å². The van der Waals surface area contributed by atoms with Gasteiger partial charge in [-0.2, -0.15) is 5.10 Å². The van der Waals surface area contributed by atoms with Crippen LogP contribution in [0.2, 0.25) is 0 Å². The number of piperazine rings is 1. The van der Waals surface area contributed by atoms with Gasteiger partial charge in [-0.3, -0.25) is 10.1 Å². The highest BCUT2D eigenvalue weighted by atomic mass is 16.3. The second-order valence-corrected chi connectivity index (χ2v) is 7.57. The van der Waals surface area contributed by atoms with E-state index in [1.54, 1.807) is 18.6 Å². The first-order chi connectivity index (χ1) is 13.0. The molecule has 1 aliphatic rings. The number of anilines is 1. The van der Waals surface area contributed by atoms with Crippen LogP contribution in [0.25, 0.3) is 22.4 Å². The largest absolute Gasteiger partial charge is 0.388 e. The molecule has 1 fully saturated rings. The number of hydrogen-bond acceptors (Lipinski definition) is 7. The Morgan fingerprint density at radius 3 is 3.00 bits per heavy atom. The van der Waals surface area contributed by atoms with Gasteiger partial charge in [-0.15, -0.1) is 0 Å². The second-order valence-electron chi connectivity index (χ2n) is 7.57. The van der Waals surface area contributed by atoms with Crippen LogP contribution in [0.3, 0.4) is 0 Å². The predicted molar refractivity (Wildman–Crippen MR) is 104 cm³/mol. The van der Waals surface area contributed by atoms with Gasteiger partial charge in [0.15, 0.2) is 5.65 Å². The number of aliphatic hydroxyl groups is 1. The molecule has 8 nitrogen and oxygen atoms in total. The maximum atomic E-state index is 10.9. The van der Waals surface area contributed by atoms with Crippen LogP contribution in [-0.4, -0.2) is 61.5 Å². The Morgan fingerprint density at radius 1 is 1.33 bits per heavy atom. The first-order valence-corrected chi connectivity index (χ1v) is 9.29. The lowest BCUT2D eigenvalue weighted by Crippen LogP contribution is -2.62. The van der Waals surface area contributed by atoms with Crippen molar-refractivity contribution in [3.8, 4) is 11.4 Å². The summed E-state index contributed by atoms with van der Waals surface area (Å²) in [5.41, 5.74) is 1.41. The highest BCUT2D eigenvalue weighted by Crippen LogP contribution is 2.27. The summed E-state index contributed by atoms with van der Waals surface area (Å²) in [4.78, 5) is 15.6. The molecule has 0 aromatic carbocycles. The summed E-state index contributed by atoms with van der Waals surface area (Å²) in [7, 11) is 0. The van der Waals surface area contributed by atoms with E-state index in [1.807, 2.05) is 32.9 Å². The molecule has 8 heteroatoms. The minimum atomic E-state index is -0.797. The quantitative estimate of drug-likeness (QED) is 0.643. The van der Waals surface area contributed by atoms with Crippen molar-refractivity contribution < 1.29 is 5.11 Å². The number of fused-ring (bicyclic) bond motifs is 1. The average Bonchev–Trinajstić information content (AvgIpc) is 3.12. The van der Waals surface area contributed by atoms with Crippen molar-refractivity contribution >= 4 is 16.9 Å². The molecule has 0 bridgehead atoms. The zero-order chi connectivity index (χ0) is 19.0. The molecule has 0 spiro atoms. The van der Waals surface area contributed by atoms with Crippen molar-refractivity contribution in [2.24, 2.45) is 5.92 Å². The number of aromatic nitrogens is 5. The summed E-state index contributed by atoms with van der Waals surface area (Å²) < 4.78 is 0. The van der Waals surface area contributed by atoms with E-state index >= 15 is 0 Å². The highest BCUT2D eigenvalue weighted by Gasteiger charge is 2.38. The topological polar surface area (TPSA) is 103 Å². The normalized spacial score (nSPS) is 20.2. The van der Waals surface area contributed by atoms with Crippen LogP contribution in [-0.2, 0) is 0 Å². The second kappa shape index (κ2) is 6.86. The lowest BCUT2D eigenvalue weighted by Gasteiger charge is -2.43. The molecule has 2 atom stereocenters. The fourth-order valence-corrected chi connectivity index (χ4v) is 3.43. The van der Waals surface area contributed by atoms with Crippen molar-refractivity contribution in [1.29, 1.82) is 0 Å². The SMILES string of the molecule is CC(C)C(C)(O)C1CN(c2cncc(-c3[nH]nc4ncccc34)n2)CCN1. The maximum Gasteiger partial charge on any atom is 0.181 e. The first-order valence-electron chi connectivity index (χ1n) is 9.29. The lowest BCUT2D eigenvalue weighted by atomic mass is 9.84. The standard InChI is InChI=1S/C19H25N7O/c1-12(2)19(3,27)15-11-26(8-7-21-15)16-10-20-9-14(23-16)17-13-5-4-6-22-18(13)25-24-17/h4-6,9-10,12,15,21,27H,7-8,11H2,1-3H3,(H,22,24,25). The predicted octanol–water partition coefficient (Wildman–Crippen LogP) is 1.60. The Kier molecular flexibility index (Phi) is 4.53.